The van der Waals surface area contributed by atoms with Crippen LogP contribution >= 0.6 is 46.4 Å². The largest absolute Gasteiger partial charge is 0.497 e. The van der Waals surface area contributed by atoms with Gasteiger partial charge in [0.25, 0.3) is 0 Å². The Balaban J connectivity index is 1.17. The molecule has 13 heteroatoms. The summed E-state index contributed by atoms with van der Waals surface area (Å²) in [5, 5.41) is 8.48. The Kier molecular flexibility index (Phi) is 10.5. The van der Waals surface area contributed by atoms with Gasteiger partial charge in [0.1, 0.15) is 11.9 Å². The molecule has 3 heterocycles. The summed E-state index contributed by atoms with van der Waals surface area (Å²) in [4.78, 5) is 34.9. The fourth-order valence-electron chi connectivity index (χ4n) is 7.59. The molecule has 0 aliphatic carbocycles. The van der Waals surface area contributed by atoms with Crippen LogP contribution in [-0.4, -0.2) is 66.3 Å². The number of fused-ring (bicyclic) bond motifs is 5. The highest BCUT2D eigenvalue weighted by Crippen LogP contribution is 2.44. The Morgan fingerprint density at radius 3 is 2.12 bits per heavy atom. The molecule has 1 saturated heterocycles. The van der Waals surface area contributed by atoms with Gasteiger partial charge in [0, 0.05) is 80.2 Å². The molecular formula is C39H37Cl4N5O4. The standard InChI is InChI=1S/C39H37Cl4N5O4/c1-21(52-39(50)45-29-17-26(42)14-27(43)18-29)33-20-48-11-10-31-32-12-23(22-4-7-30(51-3)8-5-22)6-9-34(32)46-37(31)36(48)19-35(33)47(2)38(49)44-28-15-24(40)13-25(41)16-28/h4-9,12-18,21,33,35-36,46H,10-11,19-20H2,1-3H3,(H,44,49)(H,45,50)/t21-,33-,35-,36-/m0/s1. The molecule has 2 aliphatic heterocycles. The lowest BCUT2D eigenvalue weighted by Crippen LogP contribution is -2.57. The normalized spacial score (nSPS) is 18.9. The van der Waals surface area contributed by atoms with Gasteiger partial charge in [-0.2, -0.15) is 0 Å². The van der Waals surface area contributed by atoms with Crippen LogP contribution in [0.2, 0.25) is 20.1 Å². The number of aromatic amines is 1. The van der Waals surface area contributed by atoms with E-state index in [9.17, 15) is 9.59 Å². The van der Waals surface area contributed by atoms with Gasteiger partial charge < -0.3 is 24.7 Å². The maximum absolute atomic E-state index is 13.8. The van der Waals surface area contributed by atoms with Crippen molar-refractivity contribution in [1.82, 2.24) is 14.8 Å². The maximum Gasteiger partial charge on any atom is 0.411 e. The van der Waals surface area contributed by atoms with Crippen LogP contribution < -0.4 is 15.4 Å². The van der Waals surface area contributed by atoms with Crippen molar-refractivity contribution in [2.75, 3.05) is 37.9 Å². The molecule has 1 fully saturated rings. The number of nitrogens with zero attached hydrogens (tertiary/aromatic N) is 2. The van der Waals surface area contributed by atoms with Crippen molar-refractivity contribution in [2.24, 2.45) is 5.92 Å². The quantitative estimate of drug-likeness (QED) is 0.153. The molecule has 7 rings (SSSR count). The zero-order valence-corrected chi connectivity index (χ0v) is 31.7. The van der Waals surface area contributed by atoms with E-state index in [1.165, 1.54) is 10.9 Å². The number of anilines is 2. The average Bonchev–Trinajstić information content (AvgIpc) is 3.48. The fourth-order valence-corrected chi connectivity index (χ4v) is 8.64. The summed E-state index contributed by atoms with van der Waals surface area (Å²) in [6, 6.07) is 23.6. The van der Waals surface area contributed by atoms with Gasteiger partial charge in [-0.1, -0.05) is 64.6 Å². The molecule has 270 valence electrons. The van der Waals surface area contributed by atoms with Crippen LogP contribution in [0, 0.1) is 5.92 Å². The number of H-pyrrole nitrogens is 1. The van der Waals surface area contributed by atoms with E-state index < -0.39 is 12.2 Å². The van der Waals surface area contributed by atoms with Gasteiger partial charge in [0.2, 0.25) is 0 Å². The van der Waals surface area contributed by atoms with Crippen LogP contribution in [0.1, 0.15) is 30.6 Å². The smallest absolute Gasteiger partial charge is 0.411 e. The third-order valence-corrected chi connectivity index (χ3v) is 11.0. The van der Waals surface area contributed by atoms with E-state index in [1.807, 2.05) is 19.1 Å². The summed E-state index contributed by atoms with van der Waals surface area (Å²) in [6.07, 6.45) is 0.256. The van der Waals surface area contributed by atoms with Crippen LogP contribution in [0.25, 0.3) is 22.0 Å². The fraction of sp³-hybridized carbons (Fsp3) is 0.282. The number of nitrogens with one attached hydrogen (secondary N) is 3. The number of aromatic nitrogens is 1. The molecule has 1 aromatic heterocycles. The number of halogens is 4. The number of carbonyl (C=O) groups excluding carboxylic acids is 2. The Hall–Kier alpha value is -4.12. The monoisotopic (exact) mass is 779 g/mol. The molecule has 4 aromatic carbocycles. The van der Waals surface area contributed by atoms with E-state index in [4.69, 9.17) is 55.9 Å². The van der Waals surface area contributed by atoms with E-state index in [1.54, 1.807) is 55.5 Å². The highest BCUT2D eigenvalue weighted by Gasteiger charge is 2.45. The van der Waals surface area contributed by atoms with Crippen LogP contribution in [0.4, 0.5) is 21.0 Å². The first-order valence-corrected chi connectivity index (χ1v) is 18.4. The van der Waals surface area contributed by atoms with Gasteiger partial charge in [0.05, 0.1) is 13.2 Å². The minimum atomic E-state index is -0.642. The number of carbonyl (C=O) groups is 2. The van der Waals surface area contributed by atoms with Crippen molar-refractivity contribution >= 4 is 80.8 Å². The predicted molar refractivity (Wildman–Crippen MR) is 209 cm³/mol. The molecule has 2 aliphatic rings. The Morgan fingerprint density at radius 2 is 1.48 bits per heavy atom. The number of amides is 3. The predicted octanol–water partition coefficient (Wildman–Crippen LogP) is 10.5. The Morgan fingerprint density at radius 1 is 0.865 bits per heavy atom. The lowest BCUT2D eigenvalue weighted by molar-refractivity contribution is -0.0218. The zero-order valence-electron chi connectivity index (χ0n) is 28.7. The molecule has 0 bridgehead atoms. The SMILES string of the molecule is COc1ccc(-c2ccc3[nH]c4c(c3c2)CCN2C[C@@H]([C@H](C)OC(=O)Nc3cc(Cl)cc(Cl)c3)[C@@H](N(C)C(=O)Nc3cc(Cl)cc(Cl)c3)C[C@@H]42)cc1. The number of hydrogen-bond acceptors (Lipinski definition) is 5. The molecule has 4 atom stereocenters. The lowest BCUT2D eigenvalue weighted by atomic mass is 9.80. The van der Waals surface area contributed by atoms with E-state index >= 15 is 0 Å². The van der Waals surface area contributed by atoms with Crippen molar-refractivity contribution in [2.45, 2.75) is 38.0 Å². The summed E-state index contributed by atoms with van der Waals surface area (Å²) < 4.78 is 11.3. The molecule has 0 unspecified atom stereocenters. The highest BCUT2D eigenvalue weighted by atomic mass is 35.5. The Labute approximate surface area is 322 Å². The molecule has 3 N–H and O–H groups in total. The molecule has 3 amide bonds. The van der Waals surface area contributed by atoms with Crippen LogP contribution in [0.15, 0.2) is 78.9 Å². The molecule has 0 saturated carbocycles. The first kappa shape index (κ1) is 36.2. The van der Waals surface area contributed by atoms with Gasteiger partial charge in [-0.3, -0.25) is 10.2 Å². The second-order valence-corrected chi connectivity index (χ2v) is 15.1. The van der Waals surface area contributed by atoms with Crippen molar-refractivity contribution in [3.63, 3.8) is 0 Å². The number of hydrogen-bond donors (Lipinski definition) is 3. The second-order valence-electron chi connectivity index (χ2n) is 13.3. The topological polar surface area (TPSA) is 98.9 Å². The van der Waals surface area contributed by atoms with Crippen molar-refractivity contribution in [3.8, 4) is 16.9 Å². The van der Waals surface area contributed by atoms with E-state index in [0.29, 0.717) is 44.4 Å². The molecule has 0 radical (unpaired) electrons. The summed E-state index contributed by atoms with van der Waals surface area (Å²) in [5.74, 6) is 0.590. The van der Waals surface area contributed by atoms with E-state index in [2.05, 4.69) is 50.8 Å². The summed E-state index contributed by atoms with van der Waals surface area (Å²) in [5.41, 5.74) is 6.65. The molecule has 52 heavy (non-hydrogen) atoms. The van der Waals surface area contributed by atoms with Gasteiger partial charge in [-0.05, 0) is 97.1 Å². The summed E-state index contributed by atoms with van der Waals surface area (Å²) in [7, 11) is 3.43. The highest BCUT2D eigenvalue weighted by molar-refractivity contribution is 6.35. The molecule has 9 nitrogen and oxygen atoms in total. The van der Waals surface area contributed by atoms with Crippen molar-refractivity contribution < 1.29 is 19.1 Å². The second kappa shape index (κ2) is 15.1. The van der Waals surface area contributed by atoms with Gasteiger partial charge in [0.15, 0.2) is 0 Å². The summed E-state index contributed by atoms with van der Waals surface area (Å²) in [6.45, 7) is 3.28. The average molecular weight is 782 g/mol. The van der Waals surface area contributed by atoms with Crippen molar-refractivity contribution in [1.29, 1.82) is 0 Å². The minimum Gasteiger partial charge on any atom is -0.497 e. The van der Waals surface area contributed by atoms with Gasteiger partial charge in [-0.25, -0.2) is 9.59 Å². The number of piperidine rings is 1. The maximum atomic E-state index is 13.8. The number of methoxy groups -OCH3 is 1. The molecule has 0 spiro atoms. The number of ether oxygens (including phenoxy) is 2. The molecule has 5 aromatic rings. The van der Waals surface area contributed by atoms with E-state index in [0.717, 1.165) is 41.1 Å². The lowest BCUT2D eigenvalue weighted by Gasteiger charge is -2.49. The zero-order chi connectivity index (χ0) is 36.7. The summed E-state index contributed by atoms with van der Waals surface area (Å²) >= 11 is 24.8. The van der Waals surface area contributed by atoms with Crippen molar-refractivity contribution in [3.05, 3.63) is 110 Å². The van der Waals surface area contributed by atoms with Crippen LogP contribution in [0.3, 0.4) is 0 Å². The van der Waals surface area contributed by atoms with Crippen LogP contribution in [-0.2, 0) is 11.2 Å². The first-order valence-electron chi connectivity index (χ1n) is 16.9. The first-order chi connectivity index (χ1) is 24.9. The molecular weight excluding hydrogens is 744 g/mol. The van der Waals surface area contributed by atoms with E-state index in [-0.39, 0.29) is 24.0 Å². The van der Waals surface area contributed by atoms with Crippen LogP contribution in [0.5, 0.6) is 5.75 Å². The van der Waals surface area contributed by atoms with Gasteiger partial charge in [-0.15, -0.1) is 0 Å². The minimum absolute atomic E-state index is 0.00679. The Bertz CT molecular complexity index is 2100. The third kappa shape index (κ3) is 7.65. The number of urea groups is 1. The number of rotatable bonds is 7. The van der Waals surface area contributed by atoms with Gasteiger partial charge >= 0.3 is 12.1 Å². The third-order valence-electron chi connectivity index (χ3n) is 10.1. The number of benzene rings is 4.